The number of anilines is 2. The topological polar surface area (TPSA) is 63.2 Å². The van der Waals surface area contributed by atoms with E-state index in [-0.39, 0.29) is 17.3 Å². The van der Waals surface area contributed by atoms with Crippen LogP contribution in [-0.4, -0.2) is 11.0 Å². The molecule has 3 rings (SSSR count). The quantitative estimate of drug-likeness (QED) is 0.551. The molecule has 5 nitrogen and oxygen atoms in total. The first-order chi connectivity index (χ1) is 13.7. The average Bonchev–Trinajstić information content (AvgIpc) is 2.66. The van der Waals surface area contributed by atoms with Gasteiger partial charge in [0.05, 0.1) is 5.56 Å². The van der Waals surface area contributed by atoms with Crippen LogP contribution in [0.25, 0.3) is 0 Å². The van der Waals surface area contributed by atoms with Crippen LogP contribution in [0.5, 0.6) is 11.6 Å². The van der Waals surface area contributed by atoms with E-state index in [1.807, 2.05) is 19.1 Å². The minimum absolute atomic E-state index is 0.0108. The predicted molar refractivity (Wildman–Crippen MR) is 104 cm³/mol. The van der Waals surface area contributed by atoms with Crippen molar-refractivity contribution in [3.05, 3.63) is 77.5 Å². The second-order valence-corrected chi connectivity index (χ2v) is 6.38. The van der Waals surface area contributed by atoms with Gasteiger partial charge in [-0.2, -0.15) is 13.2 Å². The van der Waals surface area contributed by atoms with Gasteiger partial charge in [0.1, 0.15) is 11.4 Å². The standard InChI is InChI=1S/C21H18F3N3O2/c1-13-6-8-16(9-7-13)26-20(28)27-18-14(2)10-11-25-19(18)29-17-5-3-4-15(12-17)21(22,23)24/h3-12H,1-2H3,(H2,26,27,28). The highest BCUT2D eigenvalue weighted by Crippen LogP contribution is 2.34. The Morgan fingerprint density at radius 3 is 2.41 bits per heavy atom. The Labute approximate surface area is 165 Å². The largest absolute Gasteiger partial charge is 0.437 e. The molecule has 8 heteroatoms. The molecule has 0 saturated carbocycles. The molecule has 2 amide bonds. The van der Waals surface area contributed by atoms with Crippen molar-refractivity contribution in [3.63, 3.8) is 0 Å². The van der Waals surface area contributed by atoms with E-state index < -0.39 is 17.8 Å². The fraction of sp³-hybridized carbons (Fsp3) is 0.143. The van der Waals surface area contributed by atoms with E-state index in [9.17, 15) is 18.0 Å². The smallest absolute Gasteiger partial charge is 0.416 e. The molecule has 2 N–H and O–H groups in total. The number of benzene rings is 2. The normalized spacial score (nSPS) is 11.1. The van der Waals surface area contributed by atoms with Crippen molar-refractivity contribution in [3.8, 4) is 11.6 Å². The van der Waals surface area contributed by atoms with Crippen LogP contribution >= 0.6 is 0 Å². The number of rotatable bonds is 4. The third kappa shape index (κ3) is 5.25. The minimum atomic E-state index is -4.49. The molecule has 0 aliphatic carbocycles. The van der Waals surface area contributed by atoms with E-state index in [1.54, 1.807) is 25.1 Å². The summed E-state index contributed by atoms with van der Waals surface area (Å²) >= 11 is 0. The van der Waals surface area contributed by atoms with E-state index in [4.69, 9.17) is 4.74 Å². The maximum atomic E-state index is 12.9. The lowest BCUT2D eigenvalue weighted by Crippen LogP contribution is -2.20. The maximum absolute atomic E-state index is 12.9. The molecule has 29 heavy (non-hydrogen) atoms. The lowest BCUT2D eigenvalue weighted by molar-refractivity contribution is -0.137. The number of carbonyl (C=O) groups excluding carboxylic acids is 1. The van der Waals surface area contributed by atoms with Crippen molar-refractivity contribution < 1.29 is 22.7 Å². The van der Waals surface area contributed by atoms with Crippen molar-refractivity contribution in [1.29, 1.82) is 0 Å². The monoisotopic (exact) mass is 401 g/mol. The highest BCUT2D eigenvalue weighted by atomic mass is 19.4. The van der Waals surface area contributed by atoms with E-state index in [0.717, 1.165) is 17.7 Å². The van der Waals surface area contributed by atoms with Crippen molar-refractivity contribution in [2.24, 2.45) is 0 Å². The first kappa shape index (κ1) is 20.2. The van der Waals surface area contributed by atoms with Gasteiger partial charge in [0.2, 0.25) is 5.88 Å². The molecule has 1 aromatic heterocycles. The van der Waals surface area contributed by atoms with Gasteiger partial charge < -0.3 is 15.4 Å². The number of nitrogens with one attached hydrogen (secondary N) is 2. The number of hydrogen-bond donors (Lipinski definition) is 2. The highest BCUT2D eigenvalue weighted by Gasteiger charge is 2.30. The van der Waals surface area contributed by atoms with Gasteiger partial charge in [0.15, 0.2) is 0 Å². The summed E-state index contributed by atoms with van der Waals surface area (Å²) in [5.41, 5.74) is 1.70. The first-order valence-electron chi connectivity index (χ1n) is 8.68. The van der Waals surface area contributed by atoms with Gasteiger partial charge in [-0.25, -0.2) is 9.78 Å². The van der Waals surface area contributed by atoms with Crippen molar-refractivity contribution in [1.82, 2.24) is 4.98 Å². The summed E-state index contributed by atoms with van der Waals surface area (Å²) in [5.74, 6) is -0.0525. The number of aryl methyl sites for hydroxylation is 2. The first-order valence-corrected chi connectivity index (χ1v) is 8.68. The molecule has 0 aliphatic heterocycles. The summed E-state index contributed by atoms with van der Waals surface area (Å²) < 4.78 is 44.3. The van der Waals surface area contributed by atoms with Crippen LogP contribution in [0.1, 0.15) is 16.7 Å². The van der Waals surface area contributed by atoms with Gasteiger partial charge in [0.25, 0.3) is 0 Å². The lowest BCUT2D eigenvalue weighted by Gasteiger charge is -2.15. The number of nitrogens with zero attached hydrogens (tertiary/aromatic N) is 1. The number of pyridine rings is 1. The fourth-order valence-corrected chi connectivity index (χ4v) is 2.52. The summed E-state index contributed by atoms with van der Waals surface area (Å²) in [5, 5.41) is 5.33. The number of alkyl halides is 3. The van der Waals surface area contributed by atoms with E-state index >= 15 is 0 Å². The van der Waals surface area contributed by atoms with Gasteiger partial charge in [-0.15, -0.1) is 0 Å². The Bertz CT molecular complexity index is 1020. The van der Waals surface area contributed by atoms with Crippen molar-refractivity contribution in [2.45, 2.75) is 20.0 Å². The number of hydrogen-bond acceptors (Lipinski definition) is 3. The number of urea groups is 1. The van der Waals surface area contributed by atoms with Crippen LogP contribution < -0.4 is 15.4 Å². The van der Waals surface area contributed by atoms with Gasteiger partial charge in [0, 0.05) is 11.9 Å². The summed E-state index contributed by atoms with van der Waals surface area (Å²) in [6.07, 6.45) is -3.05. The molecule has 0 unspecified atom stereocenters. The summed E-state index contributed by atoms with van der Waals surface area (Å²) in [7, 11) is 0. The Balaban J connectivity index is 1.80. The second kappa shape index (κ2) is 8.22. The molecule has 0 bridgehead atoms. The third-order valence-electron chi connectivity index (χ3n) is 4.05. The molecule has 150 valence electrons. The van der Waals surface area contributed by atoms with Gasteiger partial charge in [-0.1, -0.05) is 23.8 Å². The Kier molecular flexibility index (Phi) is 5.72. The number of amides is 2. The Morgan fingerprint density at radius 2 is 1.72 bits per heavy atom. The molecule has 0 aliphatic rings. The van der Waals surface area contributed by atoms with Crippen molar-refractivity contribution in [2.75, 3.05) is 10.6 Å². The van der Waals surface area contributed by atoms with Crippen LogP contribution in [-0.2, 0) is 6.18 Å². The zero-order valence-corrected chi connectivity index (χ0v) is 15.7. The Hall–Kier alpha value is -3.55. The van der Waals surface area contributed by atoms with Crippen LogP contribution in [0.3, 0.4) is 0 Å². The fourth-order valence-electron chi connectivity index (χ4n) is 2.52. The van der Waals surface area contributed by atoms with Crippen LogP contribution in [0.2, 0.25) is 0 Å². The maximum Gasteiger partial charge on any atom is 0.416 e. The SMILES string of the molecule is Cc1ccc(NC(=O)Nc2c(C)ccnc2Oc2cccc(C(F)(F)F)c2)cc1. The van der Waals surface area contributed by atoms with E-state index in [2.05, 4.69) is 15.6 Å². The number of halogens is 3. The molecule has 3 aromatic rings. The molecule has 0 saturated heterocycles. The zero-order valence-electron chi connectivity index (χ0n) is 15.7. The van der Waals surface area contributed by atoms with Crippen molar-refractivity contribution >= 4 is 17.4 Å². The summed E-state index contributed by atoms with van der Waals surface area (Å²) in [6, 6.07) is 12.8. The van der Waals surface area contributed by atoms with Crippen LogP contribution in [0.4, 0.5) is 29.3 Å². The minimum Gasteiger partial charge on any atom is -0.437 e. The molecule has 0 spiro atoms. The zero-order chi connectivity index (χ0) is 21.0. The Morgan fingerprint density at radius 1 is 1.00 bits per heavy atom. The highest BCUT2D eigenvalue weighted by molar-refractivity contribution is 6.01. The number of ether oxygens (including phenoxy) is 1. The van der Waals surface area contributed by atoms with Crippen LogP contribution in [0, 0.1) is 13.8 Å². The predicted octanol–water partition coefficient (Wildman–Crippen LogP) is 6.15. The van der Waals surface area contributed by atoms with Gasteiger partial charge in [-0.3, -0.25) is 0 Å². The molecule has 2 aromatic carbocycles. The molecule has 0 radical (unpaired) electrons. The van der Waals surface area contributed by atoms with Gasteiger partial charge >= 0.3 is 12.2 Å². The molecule has 0 atom stereocenters. The molecular formula is C21H18F3N3O2. The lowest BCUT2D eigenvalue weighted by atomic mass is 10.2. The van der Waals surface area contributed by atoms with E-state index in [1.165, 1.54) is 18.3 Å². The number of aromatic nitrogens is 1. The molecule has 0 fully saturated rings. The van der Waals surface area contributed by atoms with E-state index in [0.29, 0.717) is 11.3 Å². The third-order valence-corrected chi connectivity index (χ3v) is 4.05. The van der Waals surface area contributed by atoms with Gasteiger partial charge in [-0.05, 0) is 55.8 Å². The summed E-state index contributed by atoms with van der Waals surface area (Å²) in [4.78, 5) is 16.4. The average molecular weight is 401 g/mol. The van der Waals surface area contributed by atoms with Crippen LogP contribution in [0.15, 0.2) is 60.8 Å². The molecular weight excluding hydrogens is 383 g/mol. The summed E-state index contributed by atoms with van der Waals surface area (Å²) in [6.45, 7) is 3.66. The molecule has 1 heterocycles. The number of carbonyl (C=O) groups is 1. The second-order valence-electron chi connectivity index (χ2n) is 6.38.